The zero-order chi connectivity index (χ0) is 15.5. The Morgan fingerprint density at radius 2 is 1.86 bits per heavy atom. The van der Waals surface area contributed by atoms with Gasteiger partial charge in [0.15, 0.2) is 0 Å². The quantitative estimate of drug-likeness (QED) is 0.919. The minimum Gasteiger partial charge on any atom is -0.495 e. The van der Waals surface area contributed by atoms with E-state index in [4.69, 9.17) is 4.74 Å². The molecule has 1 N–H and O–H groups in total. The summed E-state index contributed by atoms with van der Waals surface area (Å²) in [6.07, 6.45) is 3.25. The first-order valence-electron chi connectivity index (χ1n) is 6.48. The summed E-state index contributed by atoms with van der Waals surface area (Å²) >= 11 is 0. The molecule has 0 fully saturated rings. The maximum absolute atomic E-state index is 12.5. The minimum atomic E-state index is -3.64. The molecule has 5 nitrogen and oxygen atoms in total. The van der Waals surface area contributed by atoms with Crippen molar-refractivity contribution in [3.63, 3.8) is 0 Å². The number of methoxy groups -OCH3 is 1. The second-order valence-corrected chi connectivity index (χ2v) is 6.50. The summed E-state index contributed by atoms with van der Waals surface area (Å²) in [4.78, 5) is 4.09. The van der Waals surface area contributed by atoms with E-state index in [9.17, 15) is 8.42 Å². The maximum atomic E-state index is 12.5. The summed E-state index contributed by atoms with van der Waals surface area (Å²) in [6, 6.07) is 7.07. The second-order valence-electron chi connectivity index (χ2n) is 4.79. The molecule has 0 saturated heterocycles. The molecule has 2 rings (SSSR count). The monoisotopic (exact) mass is 306 g/mol. The standard InChI is InChI=1S/C15H18N2O3S/c1-11-8-12(2)15(14(9-11)20-3)21(18,19)17-10-13-4-6-16-7-5-13/h4-9,17H,10H2,1-3H3. The SMILES string of the molecule is COc1cc(C)cc(C)c1S(=O)(=O)NCc1ccncc1. The van der Waals surface area contributed by atoms with Gasteiger partial charge in [0.1, 0.15) is 10.6 Å². The van der Waals surface area contributed by atoms with Gasteiger partial charge < -0.3 is 4.74 Å². The first kappa shape index (κ1) is 15.5. The highest BCUT2D eigenvalue weighted by Crippen LogP contribution is 2.28. The molecule has 112 valence electrons. The van der Waals surface area contributed by atoms with Crippen molar-refractivity contribution in [2.45, 2.75) is 25.3 Å². The van der Waals surface area contributed by atoms with E-state index in [0.29, 0.717) is 11.3 Å². The maximum Gasteiger partial charge on any atom is 0.244 e. The van der Waals surface area contributed by atoms with Crippen molar-refractivity contribution in [1.29, 1.82) is 0 Å². The van der Waals surface area contributed by atoms with Gasteiger partial charge in [-0.05, 0) is 48.7 Å². The number of hydrogen-bond acceptors (Lipinski definition) is 4. The van der Waals surface area contributed by atoms with E-state index < -0.39 is 10.0 Å². The molecule has 1 aromatic carbocycles. The van der Waals surface area contributed by atoms with Crippen molar-refractivity contribution in [3.8, 4) is 5.75 Å². The van der Waals surface area contributed by atoms with Gasteiger partial charge in [0.05, 0.1) is 7.11 Å². The molecule has 0 aliphatic carbocycles. The number of aryl methyl sites for hydroxylation is 2. The lowest BCUT2D eigenvalue weighted by atomic mass is 10.1. The van der Waals surface area contributed by atoms with E-state index in [1.165, 1.54) is 7.11 Å². The van der Waals surface area contributed by atoms with E-state index in [0.717, 1.165) is 11.1 Å². The smallest absolute Gasteiger partial charge is 0.244 e. The van der Waals surface area contributed by atoms with Gasteiger partial charge >= 0.3 is 0 Å². The second kappa shape index (κ2) is 6.24. The molecule has 1 heterocycles. The Morgan fingerprint density at radius 1 is 1.19 bits per heavy atom. The summed E-state index contributed by atoms with van der Waals surface area (Å²) in [5.41, 5.74) is 2.46. The lowest BCUT2D eigenvalue weighted by Crippen LogP contribution is -2.24. The molecule has 0 bridgehead atoms. The van der Waals surface area contributed by atoms with Crippen LogP contribution in [-0.2, 0) is 16.6 Å². The van der Waals surface area contributed by atoms with Crippen LogP contribution < -0.4 is 9.46 Å². The van der Waals surface area contributed by atoms with E-state index in [1.807, 2.05) is 13.0 Å². The van der Waals surface area contributed by atoms with Crippen molar-refractivity contribution in [2.75, 3.05) is 7.11 Å². The van der Waals surface area contributed by atoms with Gasteiger partial charge in [0, 0.05) is 18.9 Å². The summed E-state index contributed by atoms with van der Waals surface area (Å²) in [7, 11) is -2.18. The van der Waals surface area contributed by atoms with Crippen molar-refractivity contribution in [2.24, 2.45) is 0 Å². The molecule has 0 aliphatic rings. The van der Waals surface area contributed by atoms with Gasteiger partial charge in [0.25, 0.3) is 0 Å². The number of ether oxygens (including phenoxy) is 1. The molecule has 0 saturated carbocycles. The topological polar surface area (TPSA) is 68.3 Å². The Labute approximate surface area is 125 Å². The Morgan fingerprint density at radius 3 is 2.48 bits per heavy atom. The number of sulfonamides is 1. The van der Waals surface area contributed by atoms with Gasteiger partial charge in [-0.25, -0.2) is 13.1 Å². The highest BCUT2D eigenvalue weighted by molar-refractivity contribution is 7.89. The van der Waals surface area contributed by atoms with Gasteiger partial charge in [-0.1, -0.05) is 6.07 Å². The Bertz CT molecular complexity index is 728. The third kappa shape index (κ3) is 3.59. The van der Waals surface area contributed by atoms with Crippen LogP contribution in [0.25, 0.3) is 0 Å². The Hall–Kier alpha value is -1.92. The predicted octanol–water partition coefficient (Wildman–Crippen LogP) is 2.19. The van der Waals surface area contributed by atoms with Crippen LogP contribution in [0.5, 0.6) is 5.75 Å². The van der Waals surface area contributed by atoms with E-state index >= 15 is 0 Å². The van der Waals surface area contributed by atoms with Crippen LogP contribution in [0.3, 0.4) is 0 Å². The van der Waals surface area contributed by atoms with Crippen molar-refractivity contribution >= 4 is 10.0 Å². The third-order valence-corrected chi connectivity index (χ3v) is 4.67. The first-order valence-corrected chi connectivity index (χ1v) is 7.96. The first-order chi connectivity index (χ1) is 9.94. The van der Waals surface area contributed by atoms with Crippen molar-refractivity contribution in [3.05, 3.63) is 53.3 Å². The molecule has 0 aliphatic heterocycles. The number of rotatable bonds is 5. The molecule has 0 radical (unpaired) electrons. The van der Waals surface area contributed by atoms with Crippen LogP contribution in [0.4, 0.5) is 0 Å². The molecule has 21 heavy (non-hydrogen) atoms. The number of nitrogens with one attached hydrogen (secondary N) is 1. The molecule has 0 spiro atoms. The molecule has 1 aromatic heterocycles. The molecule has 0 atom stereocenters. The van der Waals surface area contributed by atoms with E-state index in [1.54, 1.807) is 37.5 Å². The average Bonchev–Trinajstić information content (AvgIpc) is 2.45. The van der Waals surface area contributed by atoms with Crippen LogP contribution in [-0.4, -0.2) is 20.5 Å². The Kier molecular flexibility index (Phi) is 4.59. The lowest BCUT2D eigenvalue weighted by Gasteiger charge is -2.14. The minimum absolute atomic E-state index is 0.185. The highest BCUT2D eigenvalue weighted by atomic mass is 32.2. The van der Waals surface area contributed by atoms with Crippen molar-refractivity contribution < 1.29 is 13.2 Å². The zero-order valence-corrected chi connectivity index (χ0v) is 13.1. The molecular formula is C15H18N2O3S. The fourth-order valence-electron chi connectivity index (χ4n) is 2.16. The van der Waals surface area contributed by atoms with E-state index in [-0.39, 0.29) is 11.4 Å². The lowest BCUT2D eigenvalue weighted by molar-refractivity contribution is 0.401. The summed E-state index contributed by atoms with van der Waals surface area (Å²) in [5, 5.41) is 0. The van der Waals surface area contributed by atoms with Crippen LogP contribution in [0.15, 0.2) is 41.6 Å². The van der Waals surface area contributed by atoms with Crippen LogP contribution >= 0.6 is 0 Å². The Balaban J connectivity index is 2.32. The van der Waals surface area contributed by atoms with E-state index in [2.05, 4.69) is 9.71 Å². The molecule has 6 heteroatoms. The molecule has 0 unspecified atom stereocenters. The van der Waals surface area contributed by atoms with Gasteiger partial charge in [-0.2, -0.15) is 0 Å². The average molecular weight is 306 g/mol. The summed E-state index contributed by atoms with van der Waals surface area (Å²) < 4.78 is 32.8. The summed E-state index contributed by atoms with van der Waals surface area (Å²) in [6.45, 7) is 3.87. The number of pyridine rings is 1. The molecule has 0 amide bonds. The van der Waals surface area contributed by atoms with Crippen LogP contribution in [0.2, 0.25) is 0 Å². The normalized spacial score (nSPS) is 11.4. The molecular weight excluding hydrogens is 288 g/mol. The van der Waals surface area contributed by atoms with Crippen molar-refractivity contribution in [1.82, 2.24) is 9.71 Å². The predicted molar refractivity (Wildman–Crippen MR) is 80.7 cm³/mol. The van der Waals surface area contributed by atoms with Gasteiger partial charge in [-0.15, -0.1) is 0 Å². The van der Waals surface area contributed by atoms with Crippen LogP contribution in [0.1, 0.15) is 16.7 Å². The van der Waals surface area contributed by atoms with Gasteiger partial charge in [-0.3, -0.25) is 4.98 Å². The summed E-state index contributed by atoms with van der Waals surface area (Å²) in [5.74, 6) is 0.356. The highest BCUT2D eigenvalue weighted by Gasteiger charge is 2.22. The third-order valence-electron chi connectivity index (χ3n) is 3.09. The number of benzene rings is 1. The largest absolute Gasteiger partial charge is 0.495 e. The fourth-order valence-corrected chi connectivity index (χ4v) is 3.55. The number of nitrogens with zero attached hydrogens (tertiary/aromatic N) is 1. The number of aromatic nitrogens is 1. The van der Waals surface area contributed by atoms with Crippen LogP contribution in [0, 0.1) is 13.8 Å². The van der Waals surface area contributed by atoms with Gasteiger partial charge in [0.2, 0.25) is 10.0 Å². The molecule has 2 aromatic rings. The fraction of sp³-hybridized carbons (Fsp3) is 0.267. The number of hydrogen-bond donors (Lipinski definition) is 1. The zero-order valence-electron chi connectivity index (χ0n) is 12.3.